The molecule has 2 rings (SSSR count). The second kappa shape index (κ2) is 7.21. The molecule has 0 radical (unpaired) electrons. The van der Waals surface area contributed by atoms with E-state index in [2.05, 4.69) is 48.4 Å². The highest BCUT2D eigenvalue weighted by molar-refractivity contribution is 5.91. The number of hydrogen-bond donors (Lipinski definition) is 1. The Kier molecular flexibility index (Phi) is 5.45. The zero-order valence-corrected chi connectivity index (χ0v) is 15.9. The monoisotopic (exact) mass is 341 g/mol. The number of amides is 1. The summed E-state index contributed by atoms with van der Waals surface area (Å²) in [5.74, 6) is 0.842. The van der Waals surface area contributed by atoms with Crippen molar-refractivity contribution in [2.75, 3.05) is 0 Å². The Morgan fingerprint density at radius 3 is 2.24 bits per heavy atom. The third kappa shape index (κ3) is 5.55. The minimum atomic E-state index is -0.200. The van der Waals surface area contributed by atoms with E-state index in [1.807, 2.05) is 32.9 Å². The third-order valence-corrected chi connectivity index (χ3v) is 3.73. The Bertz CT molecular complexity index is 744. The van der Waals surface area contributed by atoms with Crippen molar-refractivity contribution >= 4 is 12.0 Å². The Hall–Kier alpha value is -2.43. The van der Waals surface area contributed by atoms with Crippen molar-refractivity contribution in [2.45, 2.75) is 58.9 Å². The first-order valence-corrected chi connectivity index (χ1v) is 8.45. The molecule has 1 amide bonds. The van der Waals surface area contributed by atoms with Crippen LogP contribution < -0.4 is 5.32 Å². The van der Waals surface area contributed by atoms with Crippen LogP contribution in [0.5, 0.6) is 0 Å². The molecule has 0 spiro atoms. The summed E-state index contributed by atoms with van der Waals surface area (Å²) in [7, 11) is 0. The van der Waals surface area contributed by atoms with Gasteiger partial charge in [0, 0.05) is 11.5 Å². The largest absolute Gasteiger partial charge is 0.345 e. The number of carbonyl (C=O) groups is 1. The van der Waals surface area contributed by atoms with Gasteiger partial charge < -0.3 is 9.84 Å². The lowest BCUT2D eigenvalue weighted by atomic mass is 9.87. The van der Waals surface area contributed by atoms with Crippen LogP contribution in [0.2, 0.25) is 0 Å². The van der Waals surface area contributed by atoms with Gasteiger partial charge in [-0.1, -0.05) is 71.0 Å². The van der Waals surface area contributed by atoms with Crippen molar-refractivity contribution in [2.24, 2.45) is 0 Å². The molecule has 1 N–H and O–H groups in total. The van der Waals surface area contributed by atoms with Gasteiger partial charge in [-0.05, 0) is 22.6 Å². The van der Waals surface area contributed by atoms with Crippen LogP contribution in [-0.4, -0.2) is 16.0 Å². The van der Waals surface area contributed by atoms with Gasteiger partial charge in [0.2, 0.25) is 11.8 Å². The maximum absolute atomic E-state index is 11.9. The summed E-state index contributed by atoms with van der Waals surface area (Å²) in [5.41, 5.74) is 2.17. The Balaban J connectivity index is 1.89. The van der Waals surface area contributed by atoms with E-state index in [-0.39, 0.29) is 23.3 Å². The second-order valence-electron chi connectivity index (χ2n) is 8.19. The van der Waals surface area contributed by atoms with Crippen LogP contribution in [0.3, 0.4) is 0 Å². The van der Waals surface area contributed by atoms with Gasteiger partial charge in [-0.15, -0.1) is 0 Å². The molecule has 0 aliphatic carbocycles. The lowest BCUT2D eigenvalue weighted by Gasteiger charge is -2.18. The summed E-state index contributed by atoms with van der Waals surface area (Å²) in [6.07, 6.45) is 3.30. The summed E-state index contributed by atoms with van der Waals surface area (Å²) in [6.45, 7) is 12.8. The smallest absolute Gasteiger partial charge is 0.244 e. The van der Waals surface area contributed by atoms with E-state index >= 15 is 0 Å². The van der Waals surface area contributed by atoms with Gasteiger partial charge in [0.05, 0.1) is 6.54 Å². The number of benzene rings is 1. The number of aromatic nitrogens is 2. The molecule has 0 saturated carbocycles. The fourth-order valence-electron chi connectivity index (χ4n) is 2.12. The molecule has 1 heterocycles. The number of rotatable bonds is 4. The van der Waals surface area contributed by atoms with E-state index in [9.17, 15) is 4.79 Å². The summed E-state index contributed by atoms with van der Waals surface area (Å²) in [5, 5.41) is 6.64. The average molecular weight is 341 g/mol. The molecule has 1 aromatic heterocycles. The molecule has 0 bridgehead atoms. The van der Waals surface area contributed by atoms with Gasteiger partial charge in [0.1, 0.15) is 0 Å². The molecule has 25 heavy (non-hydrogen) atoms. The molecular weight excluding hydrogens is 314 g/mol. The molecule has 2 aromatic rings. The van der Waals surface area contributed by atoms with Crippen LogP contribution in [-0.2, 0) is 22.2 Å². The van der Waals surface area contributed by atoms with Gasteiger partial charge in [-0.3, -0.25) is 4.79 Å². The molecule has 0 saturated heterocycles. The number of nitrogens with zero attached hydrogens (tertiary/aromatic N) is 2. The zero-order chi connectivity index (χ0) is 18.7. The molecule has 0 fully saturated rings. The Morgan fingerprint density at radius 2 is 1.72 bits per heavy atom. The highest BCUT2D eigenvalue weighted by atomic mass is 16.5. The predicted octanol–water partition coefficient (Wildman–Crippen LogP) is 3.99. The number of carbonyl (C=O) groups excluding carboxylic acids is 1. The molecular formula is C20H27N3O2. The van der Waals surface area contributed by atoms with E-state index in [1.165, 1.54) is 11.6 Å². The first-order valence-electron chi connectivity index (χ1n) is 8.45. The molecule has 0 aliphatic rings. The van der Waals surface area contributed by atoms with Crippen molar-refractivity contribution in [3.63, 3.8) is 0 Å². The van der Waals surface area contributed by atoms with Gasteiger partial charge >= 0.3 is 0 Å². The van der Waals surface area contributed by atoms with Crippen LogP contribution in [0.25, 0.3) is 6.08 Å². The van der Waals surface area contributed by atoms with Crippen molar-refractivity contribution < 1.29 is 9.32 Å². The summed E-state index contributed by atoms with van der Waals surface area (Å²) < 4.78 is 5.20. The third-order valence-electron chi connectivity index (χ3n) is 3.73. The van der Waals surface area contributed by atoms with Gasteiger partial charge in [0.25, 0.3) is 0 Å². The van der Waals surface area contributed by atoms with Crippen molar-refractivity contribution in [3.05, 3.63) is 53.2 Å². The van der Waals surface area contributed by atoms with Crippen molar-refractivity contribution in [1.29, 1.82) is 0 Å². The number of hydrogen-bond acceptors (Lipinski definition) is 4. The second-order valence-corrected chi connectivity index (χ2v) is 8.19. The topological polar surface area (TPSA) is 68.0 Å². The lowest BCUT2D eigenvalue weighted by Crippen LogP contribution is -2.21. The summed E-state index contributed by atoms with van der Waals surface area (Å²) >= 11 is 0. The molecule has 0 atom stereocenters. The average Bonchev–Trinajstić information content (AvgIpc) is 2.99. The highest BCUT2D eigenvalue weighted by Crippen LogP contribution is 2.22. The van der Waals surface area contributed by atoms with E-state index < -0.39 is 0 Å². The molecule has 1 aromatic carbocycles. The minimum Gasteiger partial charge on any atom is -0.345 e. The minimum absolute atomic E-state index is 0.121. The molecule has 134 valence electrons. The molecule has 0 unspecified atom stereocenters. The fourth-order valence-corrected chi connectivity index (χ4v) is 2.12. The SMILES string of the molecule is CC(C)(C)c1ccc(/C=C/C(=O)NCc2noc(C(C)(C)C)n2)cc1. The van der Waals surface area contributed by atoms with Crippen LogP contribution in [0.15, 0.2) is 34.9 Å². The van der Waals surface area contributed by atoms with Crippen molar-refractivity contribution in [1.82, 2.24) is 15.5 Å². The van der Waals surface area contributed by atoms with Crippen molar-refractivity contribution in [3.8, 4) is 0 Å². The Labute approximate surface area is 149 Å². The van der Waals surface area contributed by atoms with Gasteiger partial charge in [-0.2, -0.15) is 4.98 Å². The maximum Gasteiger partial charge on any atom is 0.244 e. The maximum atomic E-state index is 11.9. The molecule has 5 heteroatoms. The number of nitrogens with one attached hydrogen (secondary N) is 1. The van der Waals surface area contributed by atoms with E-state index in [0.717, 1.165) is 5.56 Å². The fraction of sp³-hybridized carbons (Fsp3) is 0.450. The normalized spacial score (nSPS) is 12.6. The van der Waals surface area contributed by atoms with Crippen LogP contribution >= 0.6 is 0 Å². The quantitative estimate of drug-likeness (QED) is 0.854. The van der Waals surface area contributed by atoms with Gasteiger partial charge in [0.15, 0.2) is 5.82 Å². The molecule has 0 aliphatic heterocycles. The van der Waals surface area contributed by atoms with Gasteiger partial charge in [-0.25, -0.2) is 0 Å². The van der Waals surface area contributed by atoms with E-state index in [0.29, 0.717) is 11.7 Å². The van der Waals surface area contributed by atoms with Crippen LogP contribution in [0.4, 0.5) is 0 Å². The zero-order valence-electron chi connectivity index (χ0n) is 15.9. The van der Waals surface area contributed by atoms with E-state index in [1.54, 1.807) is 6.08 Å². The van der Waals surface area contributed by atoms with Crippen LogP contribution in [0.1, 0.15) is 64.4 Å². The lowest BCUT2D eigenvalue weighted by molar-refractivity contribution is -0.116. The highest BCUT2D eigenvalue weighted by Gasteiger charge is 2.21. The summed E-state index contributed by atoms with van der Waals surface area (Å²) in [6, 6.07) is 8.20. The first-order chi connectivity index (χ1) is 11.6. The first kappa shape index (κ1) is 18.9. The Morgan fingerprint density at radius 1 is 1.08 bits per heavy atom. The van der Waals surface area contributed by atoms with Crippen LogP contribution in [0, 0.1) is 0 Å². The summed E-state index contributed by atoms with van der Waals surface area (Å²) in [4.78, 5) is 16.2. The van der Waals surface area contributed by atoms with E-state index in [4.69, 9.17) is 4.52 Å². The standard InChI is InChI=1S/C20H27N3O2/c1-19(2,3)15-10-7-14(8-11-15)9-12-17(24)21-13-16-22-18(25-23-16)20(4,5)6/h7-12H,13H2,1-6H3,(H,21,24)/b12-9+. The predicted molar refractivity (Wildman–Crippen MR) is 99.0 cm³/mol. The molecule has 5 nitrogen and oxygen atoms in total.